The van der Waals surface area contributed by atoms with E-state index >= 15 is 0 Å². The topological polar surface area (TPSA) is 128 Å². The first-order chi connectivity index (χ1) is 16.1. The molecule has 4 fully saturated rings. The number of hydrogen-bond acceptors (Lipinski definition) is 10. The maximum atomic E-state index is 11.7. The number of fused-ring (bicyclic) bond motifs is 2. The van der Waals surface area contributed by atoms with Gasteiger partial charge in [-0.2, -0.15) is 0 Å². The van der Waals surface area contributed by atoms with Crippen LogP contribution in [0.1, 0.15) is 20.8 Å². The Labute approximate surface area is 213 Å². The van der Waals surface area contributed by atoms with E-state index in [1.807, 2.05) is 0 Å². The van der Waals surface area contributed by atoms with E-state index in [0.29, 0.717) is 37.2 Å². The third-order valence-corrected chi connectivity index (χ3v) is 16.1. The van der Waals surface area contributed by atoms with Crippen LogP contribution in [0.2, 0.25) is 18.1 Å². The van der Waals surface area contributed by atoms with Crippen LogP contribution in [0.4, 0.5) is 0 Å². The van der Waals surface area contributed by atoms with Crippen LogP contribution in [0.5, 0.6) is 0 Å². The first-order valence-corrected chi connectivity index (χ1v) is 19.3. The molecule has 0 aliphatic carbocycles. The fourth-order valence-electron chi connectivity index (χ4n) is 4.76. The van der Waals surface area contributed by atoms with E-state index in [2.05, 4.69) is 54.3 Å². The number of rotatable bonds is 4. The van der Waals surface area contributed by atoms with Crippen LogP contribution in [0, 0.1) is 0 Å². The molecule has 0 aromatic rings. The van der Waals surface area contributed by atoms with Crippen LogP contribution in [-0.2, 0) is 24.1 Å². The molecule has 4 aliphatic heterocycles. The molecule has 2 unspecified atom stereocenters. The fourth-order valence-corrected chi connectivity index (χ4v) is 9.00. The van der Waals surface area contributed by atoms with Crippen LogP contribution in [-0.4, -0.2) is 140 Å². The second kappa shape index (κ2) is 11.3. The maximum Gasteiger partial charge on any atom is 0.192 e. The van der Waals surface area contributed by atoms with E-state index in [1.165, 1.54) is 0 Å². The Morgan fingerprint density at radius 3 is 1.80 bits per heavy atom. The van der Waals surface area contributed by atoms with Crippen molar-refractivity contribution in [3.63, 3.8) is 0 Å². The summed E-state index contributed by atoms with van der Waals surface area (Å²) in [5.74, 6) is 1.13. The van der Waals surface area contributed by atoms with Gasteiger partial charge in [-0.15, -0.1) is 0 Å². The van der Waals surface area contributed by atoms with E-state index in [-0.39, 0.29) is 41.3 Å². The lowest BCUT2D eigenvalue weighted by molar-refractivity contribution is 0.111. The van der Waals surface area contributed by atoms with Crippen molar-refractivity contribution < 1.29 is 26.4 Å². The third kappa shape index (κ3) is 8.18. The van der Waals surface area contributed by atoms with Crippen molar-refractivity contribution in [2.24, 2.45) is 0 Å². The van der Waals surface area contributed by atoms with Crippen LogP contribution in [0.25, 0.3) is 0 Å². The van der Waals surface area contributed by atoms with Gasteiger partial charge in [0.05, 0.1) is 36.2 Å². The summed E-state index contributed by atoms with van der Waals surface area (Å²) < 4.78 is 52.4. The number of nitrogens with one attached hydrogen (secondary N) is 2. The Balaban J connectivity index is 0.000000211. The molecular formula is C22H46N4O6S2Si. The van der Waals surface area contributed by atoms with Gasteiger partial charge in [0.15, 0.2) is 28.0 Å². The fraction of sp³-hybridized carbons (Fsp3) is 1.00. The second-order valence-electron chi connectivity index (χ2n) is 12.0. The van der Waals surface area contributed by atoms with Gasteiger partial charge < -0.3 is 20.2 Å². The average Bonchev–Trinajstić information content (AvgIpc) is 2.76. The summed E-state index contributed by atoms with van der Waals surface area (Å²) in [6.45, 7) is 16.5. The smallest absolute Gasteiger partial charge is 0.192 e. The summed E-state index contributed by atoms with van der Waals surface area (Å²) in [4.78, 5) is 4.48. The highest BCUT2D eigenvalue weighted by molar-refractivity contribution is 7.91. The summed E-state index contributed by atoms with van der Waals surface area (Å²) in [6.07, 6.45) is 0. The molecule has 35 heavy (non-hydrogen) atoms. The van der Waals surface area contributed by atoms with Gasteiger partial charge in [-0.05, 0) is 18.1 Å². The standard InChI is InChI=1S/C14H30N2O3SSi.C8H16N2O3S/c1-14(2,3)21(4,5)19-10-12-9-16-6-7-20(17,18)11-13(16)8-15-12;11-5-7-4-10-1-2-14(12,13)6-8(10)3-9-7/h12-13,15H,6-11H2,1-5H3;7-9,11H,1-6H2/t12-,13?;7-,8?/m00/s1. The van der Waals surface area contributed by atoms with E-state index < -0.39 is 28.0 Å². The second-order valence-corrected chi connectivity index (χ2v) is 21.3. The molecule has 4 saturated heterocycles. The molecule has 0 amide bonds. The van der Waals surface area contributed by atoms with Crippen molar-refractivity contribution in [3.8, 4) is 0 Å². The molecular weight excluding hydrogens is 508 g/mol. The molecule has 10 nitrogen and oxygen atoms in total. The predicted molar refractivity (Wildman–Crippen MR) is 142 cm³/mol. The van der Waals surface area contributed by atoms with Gasteiger partial charge in [0.1, 0.15) is 0 Å². The van der Waals surface area contributed by atoms with Gasteiger partial charge in [-0.1, -0.05) is 20.8 Å². The molecule has 4 heterocycles. The number of sulfone groups is 2. The molecule has 4 aliphatic rings. The first kappa shape index (κ1) is 29.4. The number of nitrogens with zero attached hydrogens (tertiary/aromatic N) is 2. The summed E-state index contributed by atoms with van der Waals surface area (Å²) in [6, 6.07) is 0.674. The van der Waals surface area contributed by atoms with Crippen LogP contribution >= 0.6 is 0 Å². The van der Waals surface area contributed by atoms with Gasteiger partial charge in [-0.25, -0.2) is 16.8 Å². The van der Waals surface area contributed by atoms with Crippen molar-refractivity contribution in [1.29, 1.82) is 0 Å². The maximum absolute atomic E-state index is 11.7. The van der Waals surface area contributed by atoms with Crippen molar-refractivity contribution in [3.05, 3.63) is 0 Å². The summed E-state index contributed by atoms with van der Waals surface area (Å²) >= 11 is 0. The van der Waals surface area contributed by atoms with E-state index in [0.717, 1.165) is 26.2 Å². The minimum atomic E-state index is -2.83. The number of hydrogen-bond donors (Lipinski definition) is 3. The van der Waals surface area contributed by atoms with E-state index in [4.69, 9.17) is 9.53 Å². The lowest BCUT2D eigenvalue weighted by atomic mass is 10.1. The minimum absolute atomic E-state index is 0.104. The largest absolute Gasteiger partial charge is 0.415 e. The quantitative estimate of drug-likeness (QED) is 0.377. The molecule has 0 bridgehead atoms. The highest BCUT2D eigenvalue weighted by Gasteiger charge is 2.40. The lowest BCUT2D eigenvalue weighted by Crippen LogP contribution is -2.63. The molecule has 0 radical (unpaired) electrons. The Kier molecular flexibility index (Phi) is 9.52. The molecule has 4 atom stereocenters. The van der Waals surface area contributed by atoms with Gasteiger partial charge in [0, 0.05) is 63.4 Å². The summed E-state index contributed by atoms with van der Waals surface area (Å²) in [7, 11) is -7.36. The van der Waals surface area contributed by atoms with Crippen molar-refractivity contribution in [1.82, 2.24) is 20.4 Å². The van der Waals surface area contributed by atoms with E-state index in [9.17, 15) is 16.8 Å². The highest BCUT2D eigenvalue weighted by Crippen LogP contribution is 2.36. The number of piperazine rings is 2. The summed E-state index contributed by atoms with van der Waals surface area (Å²) in [5, 5.41) is 15.8. The molecule has 0 saturated carbocycles. The van der Waals surface area contributed by atoms with Crippen LogP contribution in [0.15, 0.2) is 0 Å². The molecule has 0 aromatic carbocycles. The zero-order chi connectivity index (χ0) is 26.1. The molecule has 206 valence electrons. The average molecular weight is 555 g/mol. The SMILES string of the molecule is CC(C)(C)[Si](C)(C)OC[C@@H]1CN2CCS(=O)(=O)CC2CN1.O=S1(=O)CCN2C[C@@H](CO)NCC2C1. The monoisotopic (exact) mass is 554 g/mol. The lowest BCUT2D eigenvalue weighted by Gasteiger charge is -2.44. The third-order valence-electron chi connectivity index (χ3n) is 8.17. The Morgan fingerprint density at radius 2 is 1.34 bits per heavy atom. The van der Waals surface area contributed by atoms with E-state index in [1.54, 1.807) is 0 Å². The van der Waals surface area contributed by atoms with Crippen molar-refractivity contribution in [2.45, 2.75) is 63.1 Å². The zero-order valence-corrected chi connectivity index (χ0v) is 24.6. The normalized spacial score (nSPS) is 33.7. The predicted octanol–water partition coefficient (Wildman–Crippen LogP) is -0.871. The molecule has 3 N–H and O–H groups in total. The molecule has 13 heteroatoms. The van der Waals surface area contributed by atoms with Gasteiger partial charge in [-0.3, -0.25) is 9.80 Å². The minimum Gasteiger partial charge on any atom is -0.415 e. The highest BCUT2D eigenvalue weighted by atomic mass is 32.2. The van der Waals surface area contributed by atoms with Crippen LogP contribution in [0.3, 0.4) is 0 Å². The zero-order valence-electron chi connectivity index (χ0n) is 22.0. The Morgan fingerprint density at radius 1 is 0.886 bits per heavy atom. The van der Waals surface area contributed by atoms with Gasteiger partial charge in [0.25, 0.3) is 0 Å². The number of aliphatic hydroxyl groups is 1. The molecule has 4 rings (SSSR count). The van der Waals surface area contributed by atoms with Crippen molar-refractivity contribution >= 4 is 28.0 Å². The van der Waals surface area contributed by atoms with Gasteiger partial charge in [0.2, 0.25) is 0 Å². The summed E-state index contributed by atoms with van der Waals surface area (Å²) in [5.41, 5.74) is 0. The van der Waals surface area contributed by atoms with Crippen LogP contribution < -0.4 is 10.6 Å². The van der Waals surface area contributed by atoms with Crippen molar-refractivity contribution in [2.75, 3.05) is 75.5 Å². The molecule has 0 spiro atoms. The Bertz CT molecular complexity index is 925. The van der Waals surface area contributed by atoms with Gasteiger partial charge >= 0.3 is 0 Å². The Hall–Kier alpha value is -0.123. The number of aliphatic hydroxyl groups excluding tert-OH is 1. The first-order valence-electron chi connectivity index (χ1n) is 12.7. The molecule has 0 aromatic heterocycles.